The molecular formula is C24H25FN2O6S. The van der Waals surface area contributed by atoms with Crippen molar-refractivity contribution in [2.24, 2.45) is 0 Å². The van der Waals surface area contributed by atoms with E-state index < -0.39 is 22.5 Å². The van der Waals surface area contributed by atoms with Gasteiger partial charge in [0.1, 0.15) is 36.2 Å². The quantitative estimate of drug-likeness (QED) is 0.417. The van der Waals surface area contributed by atoms with Crippen LogP contribution in [0, 0.1) is 5.82 Å². The van der Waals surface area contributed by atoms with Gasteiger partial charge in [-0.15, -0.1) is 0 Å². The Bertz CT molecular complexity index is 1200. The molecule has 34 heavy (non-hydrogen) atoms. The maximum atomic E-state index is 13.5. The number of benzene rings is 3. The highest BCUT2D eigenvalue weighted by molar-refractivity contribution is 7.92. The third kappa shape index (κ3) is 6.16. The largest absolute Gasteiger partial charge is 0.497 e. The van der Waals surface area contributed by atoms with Gasteiger partial charge in [-0.2, -0.15) is 0 Å². The highest BCUT2D eigenvalue weighted by Crippen LogP contribution is 2.32. The smallest absolute Gasteiger partial charge is 0.264 e. The number of para-hydroxylation sites is 2. The van der Waals surface area contributed by atoms with Crippen molar-refractivity contribution in [3.8, 4) is 17.2 Å². The van der Waals surface area contributed by atoms with Gasteiger partial charge in [-0.1, -0.05) is 12.1 Å². The second kappa shape index (κ2) is 11.4. The van der Waals surface area contributed by atoms with E-state index in [0.717, 1.165) is 4.31 Å². The van der Waals surface area contributed by atoms with Crippen LogP contribution in [0.15, 0.2) is 77.7 Å². The number of amides is 1. The summed E-state index contributed by atoms with van der Waals surface area (Å²) in [5.41, 5.74) is 0.221. The first-order valence-corrected chi connectivity index (χ1v) is 11.7. The van der Waals surface area contributed by atoms with E-state index in [2.05, 4.69) is 5.32 Å². The average Bonchev–Trinajstić information content (AvgIpc) is 2.86. The van der Waals surface area contributed by atoms with Gasteiger partial charge in [0, 0.05) is 0 Å². The second-order valence-electron chi connectivity index (χ2n) is 7.01. The molecule has 0 heterocycles. The van der Waals surface area contributed by atoms with Crippen LogP contribution < -0.4 is 23.8 Å². The van der Waals surface area contributed by atoms with Crippen LogP contribution in [0.5, 0.6) is 17.2 Å². The van der Waals surface area contributed by atoms with Crippen molar-refractivity contribution < 1.29 is 31.8 Å². The Kier molecular flexibility index (Phi) is 8.31. The van der Waals surface area contributed by atoms with E-state index in [1.54, 1.807) is 24.3 Å². The Morgan fingerprint density at radius 3 is 2.21 bits per heavy atom. The molecular weight excluding hydrogens is 463 g/mol. The number of nitrogens with zero attached hydrogens (tertiary/aromatic N) is 1. The molecule has 3 aromatic rings. The lowest BCUT2D eigenvalue weighted by atomic mass is 10.3. The van der Waals surface area contributed by atoms with Crippen LogP contribution in [0.1, 0.15) is 0 Å². The first kappa shape index (κ1) is 24.8. The van der Waals surface area contributed by atoms with Crippen molar-refractivity contribution in [3.63, 3.8) is 0 Å². The second-order valence-corrected chi connectivity index (χ2v) is 8.87. The van der Waals surface area contributed by atoms with Gasteiger partial charge in [0.2, 0.25) is 5.91 Å². The van der Waals surface area contributed by atoms with E-state index in [1.807, 2.05) is 0 Å². The summed E-state index contributed by atoms with van der Waals surface area (Å²) in [5.74, 6) is 0.336. The summed E-state index contributed by atoms with van der Waals surface area (Å²) in [5, 5.41) is 2.64. The number of methoxy groups -OCH3 is 2. The summed E-state index contributed by atoms with van der Waals surface area (Å²) in [6.45, 7) is -0.235. The molecule has 0 fully saturated rings. The zero-order valence-electron chi connectivity index (χ0n) is 18.7. The van der Waals surface area contributed by atoms with Gasteiger partial charge in [0.15, 0.2) is 0 Å². The predicted molar refractivity (Wildman–Crippen MR) is 125 cm³/mol. The van der Waals surface area contributed by atoms with Crippen LogP contribution >= 0.6 is 0 Å². The molecule has 8 nitrogen and oxygen atoms in total. The Labute approximate surface area is 197 Å². The lowest BCUT2D eigenvalue weighted by Gasteiger charge is -2.25. The van der Waals surface area contributed by atoms with Crippen molar-refractivity contribution in [2.45, 2.75) is 4.90 Å². The fraction of sp³-hybridized carbons (Fsp3) is 0.208. The number of rotatable bonds is 11. The van der Waals surface area contributed by atoms with Crippen LogP contribution in [-0.4, -0.2) is 48.2 Å². The van der Waals surface area contributed by atoms with E-state index in [0.29, 0.717) is 17.2 Å². The molecule has 0 aliphatic rings. The summed E-state index contributed by atoms with van der Waals surface area (Å²) in [4.78, 5) is 12.7. The molecule has 10 heteroatoms. The Hall–Kier alpha value is -3.79. The first-order chi connectivity index (χ1) is 16.3. The van der Waals surface area contributed by atoms with Gasteiger partial charge < -0.3 is 19.5 Å². The van der Waals surface area contributed by atoms with E-state index in [9.17, 15) is 17.6 Å². The minimum atomic E-state index is -4.11. The third-order valence-electron chi connectivity index (χ3n) is 4.80. The van der Waals surface area contributed by atoms with Crippen LogP contribution in [0.4, 0.5) is 10.1 Å². The summed E-state index contributed by atoms with van der Waals surface area (Å²) < 4.78 is 56.8. The Morgan fingerprint density at radius 1 is 0.912 bits per heavy atom. The van der Waals surface area contributed by atoms with Crippen molar-refractivity contribution in [1.29, 1.82) is 0 Å². The van der Waals surface area contributed by atoms with E-state index in [-0.39, 0.29) is 29.6 Å². The fourth-order valence-electron chi connectivity index (χ4n) is 3.09. The molecule has 0 bridgehead atoms. The number of carbonyl (C=O) groups is 1. The van der Waals surface area contributed by atoms with Crippen molar-refractivity contribution in [2.75, 3.05) is 38.2 Å². The van der Waals surface area contributed by atoms with Gasteiger partial charge in [-0.05, 0) is 60.7 Å². The SMILES string of the molecule is COc1ccc(S(=O)(=O)N(CC(=O)NCCOc2ccc(F)cc2)c2ccccc2OC)cc1. The van der Waals surface area contributed by atoms with Crippen molar-refractivity contribution >= 4 is 21.6 Å². The van der Waals surface area contributed by atoms with E-state index in [1.165, 1.54) is 62.8 Å². The van der Waals surface area contributed by atoms with Crippen LogP contribution in [0.25, 0.3) is 0 Å². The molecule has 0 saturated carbocycles. The molecule has 1 N–H and O–H groups in total. The molecule has 180 valence electrons. The van der Waals surface area contributed by atoms with Crippen LogP contribution in [0.2, 0.25) is 0 Å². The lowest BCUT2D eigenvalue weighted by Crippen LogP contribution is -2.42. The van der Waals surface area contributed by atoms with Gasteiger partial charge in [0.05, 0.1) is 31.3 Å². The molecule has 3 rings (SSSR count). The number of anilines is 1. The molecule has 0 unspecified atom stereocenters. The Morgan fingerprint density at radius 2 is 1.56 bits per heavy atom. The minimum absolute atomic E-state index is 0.00773. The lowest BCUT2D eigenvalue weighted by molar-refractivity contribution is -0.119. The molecule has 0 radical (unpaired) electrons. The Balaban J connectivity index is 1.75. The normalized spacial score (nSPS) is 10.9. The molecule has 0 aromatic heterocycles. The minimum Gasteiger partial charge on any atom is -0.497 e. The average molecular weight is 489 g/mol. The number of hydrogen-bond acceptors (Lipinski definition) is 6. The zero-order valence-corrected chi connectivity index (χ0v) is 19.5. The zero-order chi connectivity index (χ0) is 24.6. The number of sulfonamides is 1. The standard InChI is InChI=1S/C24H25FN2O6S/c1-31-19-11-13-21(14-12-19)34(29,30)27(22-5-3-4-6-23(22)32-2)17-24(28)26-15-16-33-20-9-7-18(25)8-10-20/h3-14H,15-17H2,1-2H3,(H,26,28). The van der Waals surface area contributed by atoms with E-state index in [4.69, 9.17) is 14.2 Å². The monoisotopic (exact) mass is 488 g/mol. The number of carbonyl (C=O) groups excluding carboxylic acids is 1. The van der Waals surface area contributed by atoms with E-state index >= 15 is 0 Å². The third-order valence-corrected chi connectivity index (χ3v) is 6.57. The summed E-state index contributed by atoms with van der Waals surface area (Å²) >= 11 is 0. The summed E-state index contributed by atoms with van der Waals surface area (Å²) in [6.07, 6.45) is 0. The summed E-state index contributed by atoms with van der Waals surface area (Å²) in [7, 11) is -1.21. The highest BCUT2D eigenvalue weighted by atomic mass is 32.2. The molecule has 1 amide bonds. The van der Waals surface area contributed by atoms with Gasteiger partial charge in [-0.3, -0.25) is 9.10 Å². The summed E-state index contributed by atoms with van der Waals surface area (Å²) in [6, 6.07) is 17.9. The number of nitrogens with one attached hydrogen (secondary N) is 1. The topological polar surface area (TPSA) is 94.2 Å². The van der Waals surface area contributed by atoms with Crippen molar-refractivity contribution in [1.82, 2.24) is 5.32 Å². The number of hydrogen-bond donors (Lipinski definition) is 1. The van der Waals surface area contributed by atoms with Gasteiger partial charge >= 0.3 is 0 Å². The molecule has 0 atom stereocenters. The first-order valence-electron chi connectivity index (χ1n) is 10.3. The highest BCUT2D eigenvalue weighted by Gasteiger charge is 2.29. The maximum absolute atomic E-state index is 13.5. The molecule has 0 spiro atoms. The fourth-order valence-corrected chi connectivity index (χ4v) is 4.52. The van der Waals surface area contributed by atoms with Crippen LogP contribution in [-0.2, 0) is 14.8 Å². The number of ether oxygens (including phenoxy) is 3. The molecule has 0 saturated heterocycles. The van der Waals surface area contributed by atoms with Crippen LogP contribution in [0.3, 0.4) is 0 Å². The molecule has 0 aliphatic heterocycles. The number of halogens is 1. The van der Waals surface area contributed by atoms with Gasteiger partial charge in [-0.25, -0.2) is 12.8 Å². The molecule has 0 aliphatic carbocycles. The van der Waals surface area contributed by atoms with Crippen molar-refractivity contribution in [3.05, 3.63) is 78.6 Å². The maximum Gasteiger partial charge on any atom is 0.264 e. The predicted octanol–water partition coefficient (Wildman–Crippen LogP) is 3.23. The van der Waals surface area contributed by atoms with Gasteiger partial charge in [0.25, 0.3) is 10.0 Å². The molecule has 3 aromatic carbocycles.